The van der Waals surface area contributed by atoms with E-state index >= 15 is 0 Å². The van der Waals surface area contributed by atoms with Gasteiger partial charge in [0.25, 0.3) is 0 Å². The van der Waals surface area contributed by atoms with Crippen molar-refractivity contribution in [2.75, 3.05) is 0 Å². The number of benzene rings is 1. The molecule has 1 aliphatic carbocycles. The molecule has 0 heterocycles. The van der Waals surface area contributed by atoms with Gasteiger partial charge < -0.3 is 5.73 Å². The Hall–Kier alpha value is -0.0900. The molecule has 1 aromatic rings. The van der Waals surface area contributed by atoms with Gasteiger partial charge in [-0.15, -0.1) is 0 Å². The average Bonchev–Trinajstić information content (AvgIpc) is 2.18. The van der Waals surface area contributed by atoms with Crippen LogP contribution < -0.4 is 5.73 Å². The molecule has 0 aliphatic heterocycles. The van der Waals surface area contributed by atoms with Gasteiger partial charge in [-0.2, -0.15) is 0 Å². The third kappa shape index (κ3) is 1.70. The summed E-state index contributed by atoms with van der Waals surface area (Å²) in [5.74, 6) is 0. The van der Waals surface area contributed by atoms with Gasteiger partial charge >= 0.3 is 0 Å². The van der Waals surface area contributed by atoms with E-state index in [-0.39, 0.29) is 6.04 Å². The highest BCUT2D eigenvalue weighted by atomic mass is 127. The van der Waals surface area contributed by atoms with Gasteiger partial charge in [-0.1, -0.05) is 13.0 Å². The first kappa shape index (κ1) is 10.4. The maximum atomic E-state index is 6.12. The van der Waals surface area contributed by atoms with E-state index in [1.54, 1.807) is 0 Å². The Labute approximate surface area is 99.2 Å². The lowest BCUT2D eigenvalue weighted by atomic mass is 9.85. The minimum Gasteiger partial charge on any atom is -0.324 e. The minimum atomic E-state index is 0.279. The van der Waals surface area contributed by atoms with Crippen LogP contribution in [0.25, 0.3) is 0 Å². The van der Waals surface area contributed by atoms with E-state index in [4.69, 9.17) is 5.73 Å². The Morgan fingerprint density at radius 1 is 1.50 bits per heavy atom. The molecule has 1 unspecified atom stereocenters. The molecule has 0 fully saturated rings. The molecule has 76 valence electrons. The third-order valence-electron chi connectivity index (χ3n) is 3.11. The minimum absolute atomic E-state index is 0.279. The fourth-order valence-electron chi connectivity index (χ4n) is 2.36. The lowest BCUT2D eigenvalue weighted by Gasteiger charge is -2.25. The van der Waals surface area contributed by atoms with Crippen LogP contribution >= 0.6 is 22.6 Å². The molecule has 2 heteroatoms. The fourth-order valence-corrected chi connectivity index (χ4v) is 3.25. The standard InChI is InChI=1S/C12H16IN/c1-2-8-9-4-3-5-12(14)10(9)6-7-11(8)13/h6-7,12H,2-5,14H2,1H3. The number of hydrogen-bond acceptors (Lipinski definition) is 1. The van der Waals surface area contributed by atoms with E-state index in [1.807, 2.05) is 0 Å². The molecule has 2 rings (SSSR count). The fraction of sp³-hybridized carbons (Fsp3) is 0.500. The summed E-state index contributed by atoms with van der Waals surface area (Å²) in [5.41, 5.74) is 10.6. The van der Waals surface area contributed by atoms with Crippen LogP contribution in [0.1, 0.15) is 42.5 Å². The first-order valence-corrected chi connectivity index (χ1v) is 6.37. The van der Waals surface area contributed by atoms with Crippen molar-refractivity contribution >= 4 is 22.6 Å². The predicted molar refractivity (Wildman–Crippen MR) is 68.4 cm³/mol. The van der Waals surface area contributed by atoms with Gasteiger partial charge in [-0.05, 0) is 71.0 Å². The molecule has 14 heavy (non-hydrogen) atoms. The van der Waals surface area contributed by atoms with Crippen LogP contribution in [0.2, 0.25) is 0 Å². The van der Waals surface area contributed by atoms with Crippen LogP contribution in [0.5, 0.6) is 0 Å². The first-order chi connectivity index (χ1) is 6.74. The van der Waals surface area contributed by atoms with Gasteiger partial charge in [-0.3, -0.25) is 0 Å². The summed E-state index contributed by atoms with van der Waals surface area (Å²) in [4.78, 5) is 0. The van der Waals surface area contributed by atoms with Gasteiger partial charge in [0, 0.05) is 9.61 Å². The molecule has 1 atom stereocenters. The Balaban J connectivity index is 2.55. The highest BCUT2D eigenvalue weighted by Gasteiger charge is 2.19. The van der Waals surface area contributed by atoms with Crippen LogP contribution in [0, 0.1) is 3.57 Å². The van der Waals surface area contributed by atoms with Crippen molar-refractivity contribution < 1.29 is 0 Å². The van der Waals surface area contributed by atoms with E-state index in [2.05, 4.69) is 41.6 Å². The zero-order valence-electron chi connectivity index (χ0n) is 8.52. The molecule has 2 N–H and O–H groups in total. The summed E-state index contributed by atoms with van der Waals surface area (Å²) >= 11 is 2.43. The second-order valence-corrected chi connectivity index (χ2v) is 5.11. The monoisotopic (exact) mass is 301 g/mol. The molecule has 0 saturated heterocycles. The number of hydrogen-bond donors (Lipinski definition) is 1. The molecule has 1 nitrogen and oxygen atoms in total. The Bertz CT molecular complexity index is 346. The summed E-state index contributed by atoms with van der Waals surface area (Å²) in [6.07, 6.45) is 4.76. The Morgan fingerprint density at radius 3 is 3.00 bits per heavy atom. The lowest BCUT2D eigenvalue weighted by molar-refractivity contribution is 0.567. The summed E-state index contributed by atoms with van der Waals surface area (Å²) in [5, 5.41) is 0. The van der Waals surface area contributed by atoms with Crippen molar-refractivity contribution in [1.29, 1.82) is 0 Å². The second-order valence-electron chi connectivity index (χ2n) is 3.95. The Morgan fingerprint density at radius 2 is 2.29 bits per heavy atom. The van der Waals surface area contributed by atoms with E-state index in [1.165, 1.54) is 33.1 Å². The molecule has 0 saturated carbocycles. The molecule has 0 amide bonds. The molecular weight excluding hydrogens is 285 g/mol. The summed E-state index contributed by atoms with van der Waals surface area (Å²) in [6.45, 7) is 2.23. The number of nitrogens with two attached hydrogens (primary N) is 1. The highest BCUT2D eigenvalue weighted by molar-refractivity contribution is 14.1. The maximum Gasteiger partial charge on any atom is 0.0297 e. The van der Waals surface area contributed by atoms with Crippen molar-refractivity contribution in [2.45, 2.75) is 38.6 Å². The Kier molecular flexibility index (Phi) is 3.12. The van der Waals surface area contributed by atoms with Crippen molar-refractivity contribution in [3.8, 4) is 0 Å². The van der Waals surface area contributed by atoms with Gasteiger partial charge in [-0.25, -0.2) is 0 Å². The van der Waals surface area contributed by atoms with Crippen LogP contribution in [0.4, 0.5) is 0 Å². The zero-order chi connectivity index (χ0) is 10.1. The van der Waals surface area contributed by atoms with Crippen LogP contribution in [0.15, 0.2) is 12.1 Å². The van der Waals surface area contributed by atoms with Gasteiger partial charge in [0.15, 0.2) is 0 Å². The number of rotatable bonds is 1. The molecule has 0 spiro atoms. The first-order valence-electron chi connectivity index (χ1n) is 5.29. The molecule has 0 radical (unpaired) electrons. The van der Waals surface area contributed by atoms with Crippen molar-refractivity contribution in [2.24, 2.45) is 5.73 Å². The smallest absolute Gasteiger partial charge is 0.0297 e. The number of fused-ring (bicyclic) bond motifs is 1. The second kappa shape index (κ2) is 4.19. The molecular formula is C12H16IN. The van der Waals surface area contributed by atoms with Crippen molar-refractivity contribution in [3.05, 3.63) is 32.4 Å². The van der Waals surface area contributed by atoms with Crippen molar-refractivity contribution in [1.82, 2.24) is 0 Å². The van der Waals surface area contributed by atoms with E-state index in [0.717, 1.165) is 12.8 Å². The third-order valence-corrected chi connectivity index (χ3v) is 4.12. The predicted octanol–water partition coefficient (Wildman–Crippen LogP) is 3.19. The molecule has 0 aromatic heterocycles. The normalized spacial score (nSPS) is 20.6. The topological polar surface area (TPSA) is 26.0 Å². The molecule has 1 aromatic carbocycles. The van der Waals surface area contributed by atoms with E-state index in [9.17, 15) is 0 Å². The van der Waals surface area contributed by atoms with Gasteiger partial charge in [0.05, 0.1) is 0 Å². The van der Waals surface area contributed by atoms with Gasteiger partial charge in [0.1, 0.15) is 0 Å². The summed E-state index contributed by atoms with van der Waals surface area (Å²) in [7, 11) is 0. The van der Waals surface area contributed by atoms with Crippen molar-refractivity contribution in [3.63, 3.8) is 0 Å². The van der Waals surface area contributed by atoms with E-state index < -0.39 is 0 Å². The quantitative estimate of drug-likeness (QED) is 0.792. The lowest BCUT2D eigenvalue weighted by Crippen LogP contribution is -2.19. The molecule has 0 bridgehead atoms. The summed E-state index contributed by atoms with van der Waals surface area (Å²) in [6, 6.07) is 4.71. The molecule has 1 aliphatic rings. The van der Waals surface area contributed by atoms with E-state index in [0.29, 0.717) is 0 Å². The van der Waals surface area contributed by atoms with Gasteiger partial charge in [0.2, 0.25) is 0 Å². The largest absolute Gasteiger partial charge is 0.324 e. The van der Waals surface area contributed by atoms with Crippen LogP contribution in [0.3, 0.4) is 0 Å². The zero-order valence-corrected chi connectivity index (χ0v) is 10.7. The maximum absolute atomic E-state index is 6.12. The average molecular weight is 301 g/mol. The highest BCUT2D eigenvalue weighted by Crippen LogP contribution is 2.32. The summed E-state index contributed by atoms with van der Waals surface area (Å²) < 4.78 is 1.40. The number of halogens is 1. The SMILES string of the molecule is CCc1c(I)ccc2c1CCCC2N. The van der Waals surface area contributed by atoms with Crippen LogP contribution in [-0.4, -0.2) is 0 Å². The van der Waals surface area contributed by atoms with Crippen LogP contribution in [-0.2, 0) is 12.8 Å².